The largest absolute Gasteiger partial charge is 0.490 e. The van der Waals surface area contributed by atoms with Crippen molar-refractivity contribution in [1.82, 2.24) is 9.97 Å². The molecule has 1 aromatic rings. The van der Waals surface area contributed by atoms with E-state index in [4.69, 9.17) is 4.74 Å². The maximum absolute atomic E-state index is 5.63. The lowest BCUT2D eigenvalue weighted by Gasteiger charge is -2.26. The van der Waals surface area contributed by atoms with Crippen molar-refractivity contribution in [2.45, 2.75) is 39.0 Å². The van der Waals surface area contributed by atoms with E-state index in [2.05, 4.69) is 27.1 Å². The molecule has 1 heterocycles. The zero-order chi connectivity index (χ0) is 14.7. The lowest BCUT2D eigenvalue weighted by Crippen LogP contribution is -2.29. The molecule has 2 fully saturated rings. The molecule has 5 nitrogen and oxygen atoms in total. The minimum absolute atomic E-state index is 0.798. The molecule has 0 bridgehead atoms. The van der Waals surface area contributed by atoms with Crippen molar-refractivity contribution in [3.8, 4) is 5.75 Å². The van der Waals surface area contributed by atoms with E-state index in [0.717, 1.165) is 55.3 Å². The van der Waals surface area contributed by atoms with Crippen LogP contribution in [0.4, 0.5) is 11.6 Å². The first-order valence-corrected chi connectivity index (χ1v) is 8.19. The van der Waals surface area contributed by atoms with Gasteiger partial charge in [0.25, 0.3) is 0 Å². The Hall–Kier alpha value is -1.52. The number of ether oxygens (including phenoxy) is 1. The Morgan fingerprint density at radius 2 is 1.86 bits per heavy atom. The Bertz CT molecular complexity index is 457. The minimum Gasteiger partial charge on any atom is -0.490 e. The third-order valence-electron chi connectivity index (χ3n) is 4.18. The van der Waals surface area contributed by atoms with Crippen molar-refractivity contribution in [2.75, 3.05) is 37.0 Å². The van der Waals surface area contributed by atoms with Gasteiger partial charge >= 0.3 is 0 Å². The van der Waals surface area contributed by atoms with Gasteiger partial charge in [-0.25, -0.2) is 9.97 Å². The average molecular weight is 290 g/mol. The van der Waals surface area contributed by atoms with E-state index in [0.29, 0.717) is 0 Å². The molecular formula is C16H26N4O. The second-order valence-electron chi connectivity index (χ2n) is 6.30. The summed E-state index contributed by atoms with van der Waals surface area (Å²) in [7, 11) is 1.71. The first-order valence-electron chi connectivity index (χ1n) is 8.19. The molecular weight excluding hydrogens is 264 g/mol. The van der Waals surface area contributed by atoms with Gasteiger partial charge in [-0.2, -0.15) is 0 Å². The Morgan fingerprint density at radius 3 is 2.38 bits per heavy atom. The summed E-state index contributed by atoms with van der Waals surface area (Å²) in [5, 5.41) is 3.34. The summed E-state index contributed by atoms with van der Waals surface area (Å²) in [4.78, 5) is 11.3. The Balaban J connectivity index is 1.81. The topological polar surface area (TPSA) is 50.3 Å². The van der Waals surface area contributed by atoms with Crippen molar-refractivity contribution in [1.29, 1.82) is 0 Å². The molecule has 0 aromatic carbocycles. The van der Waals surface area contributed by atoms with Crippen molar-refractivity contribution in [3.05, 3.63) is 6.33 Å². The predicted molar refractivity (Wildman–Crippen MR) is 85.0 cm³/mol. The van der Waals surface area contributed by atoms with Crippen LogP contribution in [0.25, 0.3) is 0 Å². The summed E-state index contributed by atoms with van der Waals surface area (Å²) in [5.41, 5.74) is 0. The molecule has 0 spiro atoms. The molecule has 1 N–H and O–H groups in total. The highest BCUT2D eigenvalue weighted by molar-refractivity contribution is 5.64. The number of rotatable bonds is 9. The van der Waals surface area contributed by atoms with Gasteiger partial charge in [-0.1, -0.05) is 6.92 Å². The van der Waals surface area contributed by atoms with E-state index in [9.17, 15) is 0 Å². The Kier molecular flexibility index (Phi) is 4.46. The lowest BCUT2D eigenvalue weighted by molar-refractivity contribution is 0.411. The molecule has 0 saturated heterocycles. The van der Waals surface area contributed by atoms with Crippen LogP contribution in [0.1, 0.15) is 39.0 Å². The Morgan fingerprint density at radius 1 is 1.19 bits per heavy atom. The van der Waals surface area contributed by atoms with Gasteiger partial charge in [0.05, 0.1) is 7.11 Å². The van der Waals surface area contributed by atoms with Crippen LogP contribution < -0.4 is 15.0 Å². The first kappa shape index (κ1) is 14.4. The third-order valence-corrected chi connectivity index (χ3v) is 4.18. The maximum Gasteiger partial charge on any atom is 0.204 e. The van der Waals surface area contributed by atoms with Gasteiger partial charge in [0, 0.05) is 19.6 Å². The summed E-state index contributed by atoms with van der Waals surface area (Å²) in [6.45, 7) is 5.26. The quantitative estimate of drug-likeness (QED) is 0.758. The van der Waals surface area contributed by atoms with Crippen LogP contribution in [0, 0.1) is 11.8 Å². The van der Waals surface area contributed by atoms with Crippen LogP contribution in [0.2, 0.25) is 0 Å². The lowest BCUT2D eigenvalue weighted by atomic mass is 10.3. The van der Waals surface area contributed by atoms with Gasteiger partial charge in [0.15, 0.2) is 11.6 Å². The highest BCUT2D eigenvalue weighted by Gasteiger charge is 2.31. The van der Waals surface area contributed by atoms with E-state index < -0.39 is 0 Å². The molecule has 0 aliphatic heterocycles. The van der Waals surface area contributed by atoms with Gasteiger partial charge in [0.2, 0.25) is 5.75 Å². The SMILES string of the molecule is CCCNc1ncnc(N(CC2CC2)CC2CC2)c1OC. The standard InChI is InChI=1S/C16H26N4O/c1-3-8-17-15-14(21-2)16(19-11-18-15)20(9-12-4-5-12)10-13-6-7-13/h11-13H,3-10H2,1-2H3,(H,17,18,19). The maximum atomic E-state index is 5.63. The van der Waals surface area contributed by atoms with E-state index >= 15 is 0 Å². The minimum atomic E-state index is 0.798. The van der Waals surface area contributed by atoms with E-state index in [1.807, 2.05) is 0 Å². The molecule has 0 amide bonds. The predicted octanol–water partition coefficient (Wildman–Crippen LogP) is 2.93. The fourth-order valence-corrected chi connectivity index (χ4v) is 2.62. The zero-order valence-corrected chi connectivity index (χ0v) is 13.1. The molecule has 0 radical (unpaired) electrons. The molecule has 0 unspecified atom stereocenters. The molecule has 5 heteroatoms. The molecule has 2 aliphatic carbocycles. The highest BCUT2D eigenvalue weighted by atomic mass is 16.5. The van der Waals surface area contributed by atoms with E-state index in [-0.39, 0.29) is 0 Å². The van der Waals surface area contributed by atoms with Gasteiger partial charge in [-0.15, -0.1) is 0 Å². The van der Waals surface area contributed by atoms with Crippen LogP contribution in [-0.2, 0) is 0 Å². The van der Waals surface area contributed by atoms with Crippen LogP contribution >= 0.6 is 0 Å². The van der Waals surface area contributed by atoms with Gasteiger partial charge in [0.1, 0.15) is 6.33 Å². The molecule has 1 aromatic heterocycles. The first-order chi connectivity index (χ1) is 10.3. The number of anilines is 2. The van der Waals surface area contributed by atoms with Gasteiger partial charge in [-0.05, 0) is 43.9 Å². The second kappa shape index (κ2) is 6.50. The number of hydrogen-bond donors (Lipinski definition) is 1. The van der Waals surface area contributed by atoms with Crippen LogP contribution in [0.5, 0.6) is 5.75 Å². The molecule has 21 heavy (non-hydrogen) atoms. The molecule has 3 rings (SSSR count). The number of methoxy groups -OCH3 is 1. The van der Waals surface area contributed by atoms with E-state index in [1.165, 1.54) is 25.7 Å². The highest BCUT2D eigenvalue weighted by Crippen LogP contribution is 2.39. The monoisotopic (exact) mass is 290 g/mol. The van der Waals surface area contributed by atoms with Crippen LogP contribution in [0.15, 0.2) is 6.33 Å². The van der Waals surface area contributed by atoms with Gasteiger partial charge < -0.3 is 15.0 Å². The summed E-state index contributed by atoms with van der Waals surface area (Å²) in [6, 6.07) is 0. The number of aromatic nitrogens is 2. The second-order valence-corrected chi connectivity index (χ2v) is 6.30. The van der Waals surface area contributed by atoms with Crippen LogP contribution in [-0.4, -0.2) is 36.7 Å². The van der Waals surface area contributed by atoms with Crippen molar-refractivity contribution >= 4 is 11.6 Å². The fourth-order valence-electron chi connectivity index (χ4n) is 2.62. The fraction of sp³-hybridized carbons (Fsp3) is 0.750. The smallest absolute Gasteiger partial charge is 0.204 e. The number of hydrogen-bond acceptors (Lipinski definition) is 5. The molecule has 2 aliphatic rings. The summed E-state index contributed by atoms with van der Waals surface area (Å²) < 4.78 is 5.63. The summed E-state index contributed by atoms with van der Waals surface area (Å²) >= 11 is 0. The van der Waals surface area contributed by atoms with E-state index in [1.54, 1.807) is 13.4 Å². The Labute approximate surface area is 127 Å². The normalized spacial score (nSPS) is 17.6. The summed E-state index contributed by atoms with van der Waals surface area (Å²) in [5.74, 6) is 4.27. The zero-order valence-electron chi connectivity index (χ0n) is 13.1. The van der Waals surface area contributed by atoms with Crippen molar-refractivity contribution < 1.29 is 4.74 Å². The molecule has 2 saturated carbocycles. The van der Waals surface area contributed by atoms with Gasteiger partial charge in [-0.3, -0.25) is 0 Å². The van der Waals surface area contributed by atoms with Crippen LogP contribution in [0.3, 0.4) is 0 Å². The summed E-state index contributed by atoms with van der Waals surface area (Å²) in [6.07, 6.45) is 8.15. The number of nitrogens with zero attached hydrogens (tertiary/aromatic N) is 3. The molecule has 116 valence electrons. The third kappa shape index (κ3) is 3.77. The molecule has 0 atom stereocenters. The van der Waals surface area contributed by atoms with Crippen molar-refractivity contribution in [2.24, 2.45) is 11.8 Å². The number of nitrogens with one attached hydrogen (secondary N) is 1. The van der Waals surface area contributed by atoms with Crippen molar-refractivity contribution in [3.63, 3.8) is 0 Å². The average Bonchev–Trinajstić information content (AvgIpc) is 3.39.